The molecule has 7 heteroatoms. The minimum atomic E-state index is 0.0293. The first-order valence-corrected chi connectivity index (χ1v) is 6.49. The average molecular weight is 267 g/mol. The largest absolute Gasteiger partial charge is 0.307 e. The molecule has 0 saturated heterocycles. The van der Waals surface area contributed by atoms with Crippen LogP contribution in [0.2, 0.25) is 0 Å². The summed E-state index contributed by atoms with van der Waals surface area (Å²) in [6.07, 6.45) is 5.35. The van der Waals surface area contributed by atoms with Gasteiger partial charge in [0, 0.05) is 31.7 Å². The van der Waals surface area contributed by atoms with Gasteiger partial charge >= 0.3 is 0 Å². The molecule has 0 saturated carbocycles. The van der Waals surface area contributed by atoms with Crippen molar-refractivity contribution < 1.29 is 0 Å². The molecule has 0 aliphatic carbocycles. The normalized spacial score (nSPS) is 17.9. The first-order valence-electron chi connectivity index (χ1n) is 6.49. The second-order valence-corrected chi connectivity index (χ2v) is 4.68. The lowest BCUT2D eigenvalue weighted by Gasteiger charge is -2.24. The third kappa shape index (κ3) is 1.71. The van der Waals surface area contributed by atoms with Gasteiger partial charge in [-0.1, -0.05) is 6.07 Å². The lowest BCUT2D eigenvalue weighted by molar-refractivity contribution is 0.457. The van der Waals surface area contributed by atoms with Crippen molar-refractivity contribution in [3.8, 4) is 11.5 Å². The highest BCUT2D eigenvalue weighted by Crippen LogP contribution is 2.26. The molecule has 0 spiro atoms. The number of hydrogen-bond acceptors (Lipinski definition) is 5. The fourth-order valence-electron chi connectivity index (χ4n) is 2.55. The highest BCUT2D eigenvalue weighted by molar-refractivity contribution is 5.49. The van der Waals surface area contributed by atoms with E-state index in [1.165, 1.54) is 0 Å². The van der Waals surface area contributed by atoms with E-state index in [1.54, 1.807) is 12.4 Å². The van der Waals surface area contributed by atoms with Gasteiger partial charge in [0.2, 0.25) is 0 Å². The lowest BCUT2D eigenvalue weighted by Crippen LogP contribution is -2.34. The molecule has 20 heavy (non-hydrogen) atoms. The van der Waals surface area contributed by atoms with Gasteiger partial charge in [-0.25, -0.2) is 0 Å². The van der Waals surface area contributed by atoms with Crippen LogP contribution in [0.15, 0.2) is 36.8 Å². The van der Waals surface area contributed by atoms with Crippen LogP contribution in [-0.4, -0.2) is 36.5 Å². The molecular formula is C13H13N7. The Bertz CT molecular complexity index is 702. The van der Waals surface area contributed by atoms with Crippen molar-refractivity contribution in [3.05, 3.63) is 48.2 Å². The molecular weight excluding hydrogens is 254 g/mol. The van der Waals surface area contributed by atoms with Gasteiger partial charge in [-0.05, 0) is 17.7 Å². The summed E-state index contributed by atoms with van der Waals surface area (Å²) >= 11 is 0. The van der Waals surface area contributed by atoms with E-state index in [9.17, 15) is 0 Å². The number of H-pyrrole nitrogens is 1. The number of pyridine rings is 1. The Morgan fingerprint density at radius 2 is 2.20 bits per heavy atom. The standard InChI is InChI=1S/C13H13N7/c1-2-9(8-14-4-1)11-13-19-18-12(10-3-5-16-17-10)20(13)7-6-15-11/h1-5,8,11,15H,6-7H2,(H,16,17). The first kappa shape index (κ1) is 11.3. The molecule has 3 aromatic rings. The second kappa shape index (κ2) is 4.53. The molecule has 0 aromatic carbocycles. The van der Waals surface area contributed by atoms with E-state index < -0.39 is 0 Å². The summed E-state index contributed by atoms with van der Waals surface area (Å²) in [4.78, 5) is 4.18. The molecule has 3 aromatic heterocycles. The van der Waals surface area contributed by atoms with Crippen LogP contribution in [0.25, 0.3) is 11.5 Å². The SMILES string of the molecule is c1cncc(C2NCCn3c(-c4ccn[nH]4)nnc32)c1. The number of nitrogens with zero attached hydrogens (tertiary/aromatic N) is 5. The number of nitrogens with one attached hydrogen (secondary N) is 2. The molecule has 1 aliphatic rings. The number of aromatic nitrogens is 6. The van der Waals surface area contributed by atoms with Gasteiger partial charge < -0.3 is 9.88 Å². The first-order chi connectivity index (χ1) is 9.93. The Morgan fingerprint density at radius 3 is 3.00 bits per heavy atom. The Labute approximate surface area is 115 Å². The highest BCUT2D eigenvalue weighted by Gasteiger charge is 2.27. The van der Waals surface area contributed by atoms with Gasteiger partial charge in [-0.3, -0.25) is 10.1 Å². The number of fused-ring (bicyclic) bond motifs is 1. The Balaban J connectivity index is 1.80. The van der Waals surface area contributed by atoms with Crippen LogP contribution in [-0.2, 0) is 6.54 Å². The summed E-state index contributed by atoms with van der Waals surface area (Å²) in [5.41, 5.74) is 1.98. The lowest BCUT2D eigenvalue weighted by atomic mass is 10.1. The fourth-order valence-corrected chi connectivity index (χ4v) is 2.55. The van der Waals surface area contributed by atoms with Crippen LogP contribution < -0.4 is 5.32 Å². The summed E-state index contributed by atoms with van der Waals surface area (Å²) in [5, 5.41) is 19.0. The van der Waals surface area contributed by atoms with Gasteiger partial charge in [0.05, 0.1) is 6.04 Å². The third-order valence-electron chi connectivity index (χ3n) is 3.48. The van der Waals surface area contributed by atoms with Gasteiger partial charge in [-0.15, -0.1) is 10.2 Å². The number of rotatable bonds is 2. The molecule has 4 heterocycles. The van der Waals surface area contributed by atoms with Gasteiger partial charge in [-0.2, -0.15) is 5.10 Å². The zero-order valence-corrected chi connectivity index (χ0v) is 10.7. The molecule has 1 atom stereocenters. The summed E-state index contributed by atoms with van der Waals surface area (Å²) in [7, 11) is 0. The van der Waals surface area contributed by atoms with E-state index in [0.717, 1.165) is 36.0 Å². The van der Waals surface area contributed by atoms with Gasteiger partial charge in [0.25, 0.3) is 0 Å². The second-order valence-electron chi connectivity index (χ2n) is 4.68. The maximum atomic E-state index is 4.35. The Kier molecular flexibility index (Phi) is 2.56. The number of hydrogen-bond donors (Lipinski definition) is 2. The number of aromatic amines is 1. The minimum absolute atomic E-state index is 0.0293. The van der Waals surface area contributed by atoms with Crippen molar-refractivity contribution in [1.29, 1.82) is 0 Å². The van der Waals surface area contributed by atoms with Crippen molar-refractivity contribution in [3.63, 3.8) is 0 Å². The monoisotopic (exact) mass is 267 g/mol. The molecule has 0 fully saturated rings. The minimum Gasteiger partial charge on any atom is -0.307 e. The maximum Gasteiger partial charge on any atom is 0.182 e. The van der Waals surface area contributed by atoms with Crippen LogP contribution in [0.3, 0.4) is 0 Å². The smallest absolute Gasteiger partial charge is 0.182 e. The Hall–Kier alpha value is -2.54. The third-order valence-corrected chi connectivity index (χ3v) is 3.48. The molecule has 4 rings (SSSR count). The topological polar surface area (TPSA) is 84.3 Å². The van der Waals surface area contributed by atoms with Crippen LogP contribution in [0, 0.1) is 0 Å². The van der Waals surface area contributed by atoms with E-state index in [4.69, 9.17) is 0 Å². The van der Waals surface area contributed by atoms with E-state index in [0.29, 0.717) is 0 Å². The summed E-state index contributed by atoms with van der Waals surface area (Å²) < 4.78 is 2.13. The van der Waals surface area contributed by atoms with E-state index in [1.807, 2.05) is 24.4 Å². The van der Waals surface area contributed by atoms with Crippen LogP contribution in [0.5, 0.6) is 0 Å². The summed E-state index contributed by atoms with van der Waals surface area (Å²) in [6, 6.07) is 5.91. The zero-order chi connectivity index (χ0) is 13.4. The van der Waals surface area contributed by atoms with Crippen LogP contribution >= 0.6 is 0 Å². The van der Waals surface area contributed by atoms with Crippen LogP contribution in [0.1, 0.15) is 17.4 Å². The maximum absolute atomic E-state index is 4.35. The molecule has 1 unspecified atom stereocenters. The van der Waals surface area contributed by atoms with Gasteiger partial charge in [0.15, 0.2) is 11.6 Å². The highest BCUT2D eigenvalue weighted by atomic mass is 15.3. The Morgan fingerprint density at radius 1 is 1.20 bits per heavy atom. The molecule has 0 radical (unpaired) electrons. The predicted octanol–water partition coefficient (Wildman–Crippen LogP) is 0.756. The quantitative estimate of drug-likeness (QED) is 0.716. The molecule has 0 amide bonds. The molecule has 100 valence electrons. The van der Waals surface area contributed by atoms with Crippen molar-refractivity contribution >= 4 is 0 Å². The summed E-state index contributed by atoms with van der Waals surface area (Å²) in [6.45, 7) is 1.71. The molecule has 7 nitrogen and oxygen atoms in total. The van der Waals surface area contributed by atoms with Crippen molar-refractivity contribution in [2.45, 2.75) is 12.6 Å². The zero-order valence-electron chi connectivity index (χ0n) is 10.7. The van der Waals surface area contributed by atoms with E-state index in [-0.39, 0.29) is 6.04 Å². The van der Waals surface area contributed by atoms with Crippen molar-refractivity contribution in [1.82, 2.24) is 35.3 Å². The fraction of sp³-hybridized carbons (Fsp3) is 0.231. The molecule has 2 N–H and O–H groups in total. The van der Waals surface area contributed by atoms with Crippen molar-refractivity contribution in [2.75, 3.05) is 6.54 Å². The van der Waals surface area contributed by atoms with E-state index >= 15 is 0 Å². The molecule has 0 bridgehead atoms. The van der Waals surface area contributed by atoms with Crippen molar-refractivity contribution in [2.24, 2.45) is 0 Å². The summed E-state index contributed by atoms with van der Waals surface area (Å²) in [5.74, 6) is 1.74. The van der Waals surface area contributed by atoms with Gasteiger partial charge in [0.1, 0.15) is 5.69 Å². The van der Waals surface area contributed by atoms with Crippen LogP contribution in [0.4, 0.5) is 0 Å². The van der Waals surface area contributed by atoms with E-state index in [2.05, 4.69) is 35.3 Å². The predicted molar refractivity (Wildman–Crippen MR) is 71.7 cm³/mol. The average Bonchev–Trinajstić information content (AvgIpc) is 3.16. The molecule has 1 aliphatic heterocycles.